The summed E-state index contributed by atoms with van der Waals surface area (Å²) in [6, 6.07) is 13.8. The number of hydrogen-bond donors (Lipinski definition) is 3. The Morgan fingerprint density at radius 1 is 1.23 bits per heavy atom. The molecule has 0 bridgehead atoms. The Hall–Kier alpha value is -1.36. The van der Waals surface area contributed by atoms with Crippen molar-refractivity contribution in [3.05, 3.63) is 64.7 Å². The fourth-order valence-electron chi connectivity index (χ4n) is 2.10. The van der Waals surface area contributed by atoms with Crippen LogP contribution >= 0.6 is 19.2 Å². The normalized spacial score (nSPS) is 12.9. The third kappa shape index (κ3) is 4.57. The van der Waals surface area contributed by atoms with Crippen molar-refractivity contribution in [3.63, 3.8) is 0 Å². The van der Waals surface area contributed by atoms with E-state index in [9.17, 15) is 14.4 Å². The number of ether oxygens (including phenoxy) is 1. The van der Waals surface area contributed by atoms with E-state index >= 15 is 0 Å². The number of methoxy groups -OCH3 is 1. The first-order valence-corrected chi connectivity index (χ1v) is 8.63. The zero-order valence-electron chi connectivity index (χ0n) is 11.9. The first-order chi connectivity index (χ1) is 10.4. The summed E-state index contributed by atoms with van der Waals surface area (Å²) in [6.45, 7) is 0.285. The molecule has 0 radical (unpaired) electrons. The maximum Gasteiger partial charge on any atom is 0.346 e. The highest BCUT2D eigenvalue weighted by molar-refractivity contribution is 7.52. The van der Waals surface area contributed by atoms with Crippen LogP contribution < -0.4 is 10.1 Å². The quantitative estimate of drug-likeness (QED) is 0.702. The molecular formula is C15H17ClNO4P. The van der Waals surface area contributed by atoms with Gasteiger partial charge in [0.25, 0.3) is 0 Å². The molecule has 5 nitrogen and oxygen atoms in total. The van der Waals surface area contributed by atoms with E-state index in [0.717, 1.165) is 5.56 Å². The van der Waals surface area contributed by atoms with Crippen molar-refractivity contribution in [1.29, 1.82) is 0 Å². The Labute approximate surface area is 134 Å². The Balaban J connectivity index is 2.22. The second-order valence-corrected chi connectivity index (χ2v) is 6.91. The van der Waals surface area contributed by atoms with E-state index in [-0.39, 0.29) is 6.54 Å². The lowest BCUT2D eigenvalue weighted by molar-refractivity contribution is 0.347. The maximum absolute atomic E-state index is 11.8. The van der Waals surface area contributed by atoms with Crippen LogP contribution in [0.15, 0.2) is 48.5 Å². The molecular weight excluding hydrogens is 325 g/mol. The molecule has 2 aromatic carbocycles. The molecule has 0 saturated carbocycles. The van der Waals surface area contributed by atoms with E-state index in [0.29, 0.717) is 16.3 Å². The molecule has 0 saturated heterocycles. The molecule has 0 spiro atoms. The van der Waals surface area contributed by atoms with Gasteiger partial charge in [-0.05, 0) is 35.4 Å². The Bertz CT molecular complexity index is 689. The van der Waals surface area contributed by atoms with E-state index in [2.05, 4.69) is 5.32 Å². The fraction of sp³-hybridized carbons (Fsp3) is 0.200. The minimum Gasteiger partial charge on any atom is -0.497 e. The van der Waals surface area contributed by atoms with Crippen molar-refractivity contribution in [1.82, 2.24) is 5.32 Å². The highest BCUT2D eigenvalue weighted by atomic mass is 35.5. The van der Waals surface area contributed by atoms with Crippen molar-refractivity contribution < 1.29 is 19.1 Å². The minimum atomic E-state index is -4.38. The molecule has 0 aromatic heterocycles. The number of rotatable bonds is 6. The summed E-state index contributed by atoms with van der Waals surface area (Å²) in [5.74, 6) is -0.568. The lowest BCUT2D eigenvalue weighted by Crippen LogP contribution is -2.21. The van der Waals surface area contributed by atoms with Crippen molar-refractivity contribution in [3.8, 4) is 5.75 Å². The zero-order valence-corrected chi connectivity index (χ0v) is 13.6. The Morgan fingerprint density at radius 2 is 1.95 bits per heavy atom. The van der Waals surface area contributed by atoms with Gasteiger partial charge >= 0.3 is 7.60 Å². The van der Waals surface area contributed by atoms with E-state index in [1.54, 1.807) is 42.5 Å². The SMILES string of the molecule is COc1cccc(C(NCc2cccc(Cl)c2)P(=O)(O)O)c1. The molecule has 0 aliphatic carbocycles. The monoisotopic (exact) mass is 341 g/mol. The molecule has 3 N–H and O–H groups in total. The van der Waals surface area contributed by atoms with Crippen molar-refractivity contribution in [2.24, 2.45) is 0 Å². The van der Waals surface area contributed by atoms with Crippen LogP contribution in [0.25, 0.3) is 0 Å². The predicted molar refractivity (Wildman–Crippen MR) is 86.1 cm³/mol. The standard InChI is InChI=1S/C15H17ClNO4P/c1-21-14-7-3-5-12(9-14)15(22(18,19)20)17-10-11-4-2-6-13(16)8-11/h2-9,15,17H,10H2,1H3,(H2,18,19,20). The molecule has 0 aliphatic heterocycles. The van der Waals surface area contributed by atoms with Gasteiger partial charge in [-0.2, -0.15) is 0 Å². The van der Waals surface area contributed by atoms with Gasteiger partial charge in [0, 0.05) is 11.6 Å². The van der Waals surface area contributed by atoms with Crippen molar-refractivity contribution in [2.45, 2.75) is 12.3 Å². The van der Waals surface area contributed by atoms with Crippen LogP contribution in [-0.2, 0) is 11.1 Å². The van der Waals surface area contributed by atoms with Crippen LogP contribution in [0.5, 0.6) is 5.75 Å². The second-order valence-electron chi connectivity index (χ2n) is 4.78. The van der Waals surface area contributed by atoms with Gasteiger partial charge in [-0.15, -0.1) is 0 Å². The van der Waals surface area contributed by atoms with Gasteiger partial charge in [0.05, 0.1) is 7.11 Å². The summed E-state index contributed by atoms with van der Waals surface area (Å²) >= 11 is 5.91. The average molecular weight is 342 g/mol. The molecule has 7 heteroatoms. The molecule has 22 heavy (non-hydrogen) atoms. The Kier molecular flexibility index (Phi) is 5.62. The molecule has 0 fully saturated rings. The summed E-state index contributed by atoms with van der Waals surface area (Å²) in [5.41, 5.74) is 1.31. The molecule has 1 atom stereocenters. The number of nitrogens with one attached hydrogen (secondary N) is 1. The molecule has 2 rings (SSSR count). The van der Waals surface area contributed by atoms with Gasteiger partial charge in [-0.3, -0.25) is 9.88 Å². The van der Waals surface area contributed by atoms with Gasteiger partial charge in [0.1, 0.15) is 11.5 Å². The van der Waals surface area contributed by atoms with E-state index < -0.39 is 13.4 Å². The highest BCUT2D eigenvalue weighted by Crippen LogP contribution is 2.50. The smallest absolute Gasteiger partial charge is 0.346 e. The van der Waals surface area contributed by atoms with Crippen LogP contribution in [0.3, 0.4) is 0 Å². The largest absolute Gasteiger partial charge is 0.497 e. The fourth-order valence-corrected chi connectivity index (χ4v) is 3.20. The summed E-state index contributed by atoms with van der Waals surface area (Å²) < 4.78 is 16.9. The third-order valence-electron chi connectivity index (χ3n) is 3.13. The third-order valence-corrected chi connectivity index (χ3v) is 4.52. The number of hydrogen-bond acceptors (Lipinski definition) is 3. The summed E-state index contributed by atoms with van der Waals surface area (Å²) in [6.07, 6.45) is 0. The number of benzene rings is 2. The molecule has 1 unspecified atom stereocenters. The van der Waals surface area contributed by atoms with E-state index in [4.69, 9.17) is 16.3 Å². The van der Waals surface area contributed by atoms with Gasteiger partial charge in [0.2, 0.25) is 0 Å². The zero-order chi connectivity index (χ0) is 16.2. The van der Waals surface area contributed by atoms with Gasteiger partial charge < -0.3 is 14.5 Å². The molecule has 0 amide bonds. The first-order valence-electron chi connectivity index (χ1n) is 6.57. The van der Waals surface area contributed by atoms with E-state index in [1.165, 1.54) is 7.11 Å². The summed E-state index contributed by atoms with van der Waals surface area (Å²) in [7, 11) is -2.87. The Morgan fingerprint density at radius 3 is 2.59 bits per heavy atom. The van der Waals surface area contributed by atoms with Gasteiger partial charge in [0.15, 0.2) is 0 Å². The van der Waals surface area contributed by atoms with Crippen LogP contribution in [-0.4, -0.2) is 16.9 Å². The summed E-state index contributed by atoms with van der Waals surface area (Å²) in [4.78, 5) is 19.2. The molecule has 2 aromatic rings. The van der Waals surface area contributed by atoms with Crippen LogP contribution in [0, 0.1) is 0 Å². The van der Waals surface area contributed by atoms with Crippen LogP contribution in [0.4, 0.5) is 0 Å². The minimum absolute atomic E-state index is 0.285. The number of halogens is 1. The van der Waals surface area contributed by atoms with Crippen LogP contribution in [0.2, 0.25) is 5.02 Å². The van der Waals surface area contributed by atoms with Crippen molar-refractivity contribution >= 4 is 19.2 Å². The summed E-state index contributed by atoms with van der Waals surface area (Å²) in [5, 5.41) is 3.47. The molecule has 118 valence electrons. The first kappa shape index (κ1) is 17.0. The van der Waals surface area contributed by atoms with Crippen molar-refractivity contribution in [2.75, 3.05) is 7.11 Å². The topological polar surface area (TPSA) is 78.8 Å². The lowest BCUT2D eigenvalue weighted by Gasteiger charge is -2.21. The van der Waals surface area contributed by atoms with E-state index in [1.807, 2.05) is 6.07 Å². The van der Waals surface area contributed by atoms with Crippen LogP contribution in [0.1, 0.15) is 16.9 Å². The van der Waals surface area contributed by atoms with Gasteiger partial charge in [-0.25, -0.2) is 0 Å². The second kappa shape index (κ2) is 7.27. The molecule has 0 heterocycles. The average Bonchev–Trinajstić information content (AvgIpc) is 2.46. The van der Waals surface area contributed by atoms with Gasteiger partial charge in [-0.1, -0.05) is 35.9 Å². The molecule has 0 aliphatic rings. The maximum atomic E-state index is 11.8. The highest BCUT2D eigenvalue weighted by Gasteiger charge is 2.30. The predicted octanol–water partition coefficient (Wildman–Crippen LogP) is 3.31. The lowest BCUT2D eigenvalue weighted by atomic mass is 10.2.